The first-order valence-corrected chi connectivity index (χ1v) is 11.9. The monoisotopic (exact) mass is 409 g/mol. The van der Waals surface area contributed by atoms with Crippen LogP contribution in [0.1, 0.15) is 63.9 Å². The minimum Gasteiger partial charge on any atom is -0.316 e. The first kappa shape index (κ1) is 24.5. The lowest BCUT2D eigenvalue weighted by Crippen LogP contribution is -2.18. The van der Waals surface area contributed by atoms with Crippen LogP contribution < -0.4 is 5.32 Å². The molecule has 1 nitrogen and oxygen atoms in total. The van der Waals surface area contributed by atoms with Crippen LogP contribution in [0.15, 0.2) is 24.3 Å². The van der Waals surface area contributed by atoms with Gasteiger partial charge in [-0.15, -0.1) is 12.4 Å². The van der Waals surface area contributed by atoms with Gasteiger partial charge in [0, 0.05) is 23.1 Å². The molecule has 0 heterocycles. The molecule has 0 spiro atoms. The zero-order valence-corrected chi connectivity index (χ0v) is 18.1. The predicted octanol–water partition coefficient (Wildman–Crippen LogP) is 7.37. The first-order valence-electron chi connectivity index (χ1n) is 9.02. The van der Waals surface area contributed by atoms with E-state index in [9.17, 15) is 0 Å². The molecule has 0 radical (unpaired) electrons. The van der Waals surface area contributed by atoms with E-state index in [1.165, 1.54) is 69.2 Å². The van der Waals surface area contributed by atoms with E-state index < -0.39 is 0 Å². The number of unbranched alkanes of at least 4 members (excludes halogenated alkanes) is 7. The zero-order chi connectivity index (χ0) is 16.6. The second-order valence-electron chi connectivity index (χ2n) is 5.94. The van der Waals surface area contributed by atoms with Crippen molar-refractivity contribution in [1.82, 2.24) is 5.32 Å². The van der Waals surface area contributed by atoms with E-state index in [0.29, 0.717) is 0 Å². The van der Waals surface area contributed by atoms with Crippen LogP contribution in [0.5, 0.6) is 0 Å². The Morgan fingerprint density at radius 1 is 0.833 bits per heavy atom. The maximum atomic E-state index is 5.88. The molecular weight excluding hydrogens is 377 g/mol. The van der Waals surface area contributed by atoms with Gasteiger partial charge < -0.3 is 5.32 Å². The average Bonchev–Trinajstić information content (AvgIpc) is 2.57. The van der Waals surface area contributed by atoms with Gasteiger partial charge in [-0.1, -0.05) is 97.2 Å². The molecule has 140 valence electrons. The Morgan fingerprint density at radius 2 is 1.46 bits per heavy atom. The van der Waals surface area contributed by atoms with Gasteiger partial charge in [0.2, 0.25) is 0 Å². The van der Waals surface area contributed by atoms with Crippen LogP contribution in [0, 0.1) is 0 Å². The number of hydrogen-bond donors (Lipinski definition) is 1. The molecule has 0 amide bonds. The maximum absolute atomic E-state index is 5.88. The third kappa shape index (κ3) is 14.8. The maximum Gasteiger partial charge on any atom is 0.0406 e. The van der Waals surface area contributed by atoms with Crippen molar-refractivity contribution in [2.45, 2.75) is 64.0 Å². The molecule has 0 aliphatic rings. The van der Waals surface area contributed by atoms with Crippen LogP contribution in [0.3, 0.4) is 0 Å². The Morgan fingerprint density at radius 3 is 2.12 bits per heavy atom. The molecule has 1 rings (SSSR count). The van der Waals surface area contributed by atoms with Gasteiger partial charge >= 0.3 is 0 Å². The molecular formula is C19H33Cl2NS2. The molecule has 1 aromatic carbocycles. The van der Waals surface area contributed by atoms with Gasteiger partial charge in [-0.25, -0.2) is 0 Å². The lowest BCUT2D eigenvalue weighted by Gasteiger charge is -2.05. The van der Waals surface area contributed by atoms with Crippen molar-refractivity contribution in [2.75, 3.05) is 18.8 Å². The summed E-state index contributed by atoms with van der Waals surface area (Å²) in [6, 6.07) is 8.15. The van der Waals surface area contributed by atoms with Crippen molar-refractivity contribution in [3.8, 4) is 0 Å². The van der Waals surface area contributed by atoms with Crippen molar-refractivity contribution in [1.29, 1.82) is 0 Å². The highest BCUT2D eigenvalue weighted by molar-refractivity contribution is 8.76. The molecule has 0 fully saturated rings. The number of benzene rings is 1. The van der Waals surface area contributed by atoms with Gasteiger partial charge in [0.05, 0.1) is 0 Å². The fourth-order valence-corrected chi connectivity index (χ4v) is 4.52. The summed E-state index contributed by atoms with van der Waals surface area (Å²) in [5.41, 5.74) is 1.35. The molecule has 0 atom stereocenters. The molecule has 0 bridgehead atoms. The zero-order valence-electron chi connectivity index (χ0n) is 14.9. The molecule has 0 saturated heterocycles. The molecule has 0 aliphatic carbocycles. The number of hydrogen-bond acceptors (Lipinski definition) is 3. The Kier molecular flexibility index (Phi) is 18.6. The molecule has 1 aromatic rings. The van der Waals surface area contributed by atoms with Crippen LogP contribution in [-0.2, 0) is 5.75 Å². The summed E-state index contributed by atoms with van der Waals surface area (Å²) in [4.78, 5) is 0. The molecule has 5 heteroatoms. The van der Waals surface area contributed by atoms with E-state index in [2.05, 4.69) is 24.4 Å². The summed E-state index contributed by atoms with van der Waals surface area (Å²) < 4.78 is 0. The fourth-order valence-electron chi connectivity index (χ4n) is 2.37. The molecule has 1 N–H and O–H groups in total. The fraction of sp³-hybridized carbons (Fsp3) is 0.684. The number of halogens is 2. The highest BCUT2D eigenvalue weighted by Crippen LogP contribution is 2.25. The Balaban J connectivity index is 0.00000529. The summed E-state index contributed by atoms with van der Waals surface area (Å²) in [6.07, 6.45) is 11.2. The van der Waals surface area contributed by atoms with Crippen LogP contribution in [0.4, 0.5) is 0 Å². The van der Waals surface area contributed by atoms with Crippen LogP contribution in [0.2, 0.25) is 5.02 Å². The van der Waals surface area contributed by atoms with Crippen molar-refractivity contribution in [3.05, 3.63) is 34.9 Å². The van der Waals surface area contributed by atoms with Crippen molar-refractivity contribution >= 4 is 45.6 Å². The molecule has 0 aromatic heterocycles. The minimum absolute atomic E-state index is 0. The van der Waals surface area contributed by atoms with Gasteiger partial charge in [0.1, 0.15) is 0 Å². The van der Waals surface area contributed by atoms with Gasteiger partial charge in [-0.05, 0) is 30.7 Å². The van der Waals surface area contributed by atoms with Gasteiger partial charge in [-0.3, -0.25) is 0 Å². The topological polar surface area (TPSA) is 12.0 Å². The van der Waals surface area contributed by atoms with E-state index in [4.69, 9.17) is 11.6 Å². The Labute approximate surface area is 168 Å². The van der Waals surface area contributed by atoms with E-state index in [1.807, 2.05) is 33.7 Å². The summed E-state index contributed by atoms with van der Waals surface area (Å²) in [5, 5.41) is 4.37. The minimum atomic E-state index is 0. The van der Waals surface area contributed by atoms with E-state index >= 15 is 0 Å². The summed E-state index contributed by atoms with van der Waals surface area (Å²) in [7, 11) is 3.88. The highest BCUT2D eigenvalue weighted by Gasteiger charge is 1.96. The summed E-state index contributed by atoms with van der Waals surface area (Å²) in [5.74, 6) is 2.23. The van der Waals surface area contributed by atoms with Gasteiger partial charge in [0.25, 0.3) is 0 Å². The van der Waals surface area contributed by atoms with E-state index in [-0.39, 0.29) is 12.4 Å². The second-order valence-corrected chi connectivity index (χ2v) is 8.95. The number of nitrogens with one attached hydrogen (secondary N) is 1. The van der Waals surface area contributed by atoms with Crippen LogP contribution in [-0.4, -0.2) is 18.8 Å². The predicted molar refractivity (Wildman–Crippen MR) is 118 cm³/mol. The normalized spacial score (nSPS) is 10.6. The standard InChI is InChI=1S/C19H32ClNS2.ClH/c1-2-3-4-5-6-7-8-9-14-21-15-16-22-23-17-18-10-12-19(20)13-11-18;/h10-13,21H,2-9,14-17H2,1H3;1H. The number of rotatable bonds is 15. The molecule has 0 saturated carbocycles. The Hall–Kier alpha value is 0.460. The molecule has 0 unspecified atom stereocenters. The van der Waals surface area contributed by atoms with E-state index in [1.54, 1.807) is 0 Å². The highest BCUT2D eigenvalue weighted by atomic mass is 35.5. The van der Waals surface area contributed by atoms with Gasteiger partial charge in [-0.2, -0.15) is 0 Å². The van der Waals surface area contributed by atoms with E-state index in [0.717, 1.165) is 17.3 Å². The summed E-state index contributed by atoms with van der Waals surface area (Å²) >= 11 is 5.88. The lowest BCUT2D eigenvalue weighted by atomic mass is 10.1. The quantitative estimate of drug-likeness (QED) is 0.239. The molecule has 24 heavy (non-hydrogen) atoms. The average molecular weight is 411 g/mol. The first-order chi connectivity index (χ1) is 11.3. The van der Waals surface area contributed by atoms with Crippen molar-refractivity contribution in [3.63, 3.8) is 0 Å². The largest absolute Gasteiger partial charge is 0.316 e. The van der Waals surface area contributed by atoms with Crippen LogP contribution >= 0.6 is 45.6 Å². The van der Waals surface area contributed by atoms with Crippen LogP contribution in [0.25, 0.3) is 0 Å². The second kappa shape index (κ2) is 18.3. The van der Waals surface area contributed by atoms with Gasteiger partial charge in [0.15, 0.2) is 0 Å². The summed E-state index contributed by atoms with van der Waals surface area (Å²) in [6.45, 7) is 4.58. The van der Waals surface area contributed by atoms with Crippen molar-refractivity contribution < 1.29 is 0 Å². The van der Waals surface area contributed by atoms with Crippen molar-refractivity contribution in [2.24, 2.45) is 0 Å². The third-order valence-electron chi connectivity index (χ3n) is 3.79. The lowest BCUT2D eigenvalue weighted by molar-refractivity contribution is 0.560. The third-order valence-corrected chi connectivity index (χ3v) is 6.39. The Bertz CT molecular complexity index is 374. The smallest absolute Gasteiger partial charge is 0.0406 e. The molecule has 0 aliphatic heterocycles. The SMILES string of the molecule is CCCCCCCCCCNCCSSCc1ccc(Cl)cc1.Cl.